The van der Waals surface area contributed by atoms with Gasteiger partial charge in [0.2, 0.25) is 0 Å². The van der Waals surface area contributed by atoms with E-state index in [2.05, 4.69) is 34.7 Å². The molecular formula is C25H37ClN4. The van der Waals surface area contributed by atoms with Crippen LogP contribution in [0.4, 0.5) is 5.69 Å². The lowest BCUT2D eigenvalue weighted by molar-refractivity contribution is 0.381. The number of hydrogen-bond acceptors (Lipinski definition) is 3. The third kappa shape index (κ3) is 4.85. The van der Waals surface area contributed by atoms with E-state index < -0.39 is 0 Å². The van der Waals surface area contributed by atoms with Gasteiger partial charge in [0.1, 0.15) is 5.84 Å². The fourth-order valence-corrected chi connectivity index (χ4v) is 4.96. The van der Waals surface area contributed by atoms with Gasteiger partial charge >= 0.3 is 0 Å². The van der Waals surface area contributed by atoms with Crippen molar-refractivity contribution in [1.82, 2.24) is 10.2 Å². The van der Waals surface area contributed by atoms with Crippen molar-refractivity contribution in [3.8, 4) is 0 Å². The predicted molar refractivity (Wildman–Crippen MR) is 130 cm³/mol. The van der Waals surface area contributed by atoms with E-state index in [1.54, 1.807) is 0 Å². The zero-order valence-corrected chi connectivity index (χ0v) is 19.6. The summed E-state index contributed by atoms with van der Waals surface area (Å²) in [6.45, 7) is 12.8. The molecule has 0 saturated heterocycles. The van der Waals surface area contributed by atoms with Crippen LogP contribution in [0.3, 0.4) is 0 Å². The molecule has 5 heteroatoms. The van der Waals surface area contributed by atoms with Crippen LogP contribution in [0.5, 0.6) is 0 Å². The van der Waals surface area contributed by atoms with Crippen LogP contribution in [-0.2, 0) is 0 Å². The number of nitrogens with one attached hydrogen (secondary N) is 2. The summed E-state index contributed by atoms with van der Waals surface area (Å²) in [5.74, 6) is 1.11. The van der Waals surface area contributed by atoms with Crippen LogP contribution >= 0.6 is 11.6 Å². The first-order valence-electron chi connectivity index (χ1n) is 11.6. The minimum Gasteiger partial charge on any atom is -0.385 e. The fraction of sp³-hybridized carbons (Fsp3) is 0.560. The van der Waals surface area contributed by atoms with Crippen LogP contribution in [0.25, 0.3) is 0 Å². The molecule has 1 unspecified atom stereocenters. The molecule has 4 nitrogen and oxygen atoms in total. The van der Waals surface area contributed by atoms with Crippen LogP contribution in [0, 0.1) is 5.41 Å². The van der Waals surface area contributed by atoms with Crippen molar-refractivity contribution in [2.75, 3.05) is 24.5 Å². The Morgan fingerprint density at radius 3 is 2.63 bits per heavy atom. The molecule has 2 aliphatic heterocycles. The number of benzene rings is 1. The Morgan fingerprint density at radius 2 is 1.93 bits per heavy atom. The second kappa shape index (κ2) is 10.4. The quantitative estimate of drug-likeness (QED) is 0.437. The van der Waals surface area contributed by atoms with E-state index in [4.69, 9.17) is 17.0 Å². The van der Waals surface area contributed by atoms with Gasteiger partial charge in [0.15, 0.2) is 0 Å². The Balaban J connectivity index is 0.00000124. The number of nitrogens with zero attached hydrogens (tertiary/aromatic N) is 2. The molecule has 30 heavy (non-hydrogen) atoms. The fourth-order valence-electron chi connectivity index (χ4n) is 4.79. The molecule has 2 heterocycles. The van der Waals surface area contributed by atoms with Crippen LogP contribution in [0.2, 0.25) is 5.02 Å². The molecule has 0 bridgehead atoms. The number of halogens is 1. The minimum atomic E-state index is 0.498. The molecule has 164 valence electrons. The highest BCUT2D eigenvalue weighted by atomic mass is 35.5. The van der Waals surface area contributed by atoms with Crippen LogP contribution in [0.1, 0.15) is 70.8 Å². The molecule has 0 amide bonds. The van der Waals surface area contributed by atoms with E-state index in [0.717, 1.165) is 48.8 Å². The highest BCUT2D eigenvalue weighted by Gasteiger charge is 2.30. The average Bonchev–Trinajstić information content (AvgIpc) is 3.28. The topological polar surface area (TPSA) is 42.4 Å². The van der Waals surface area contributed by atoms with Gasteiger partial charge in [0.05, 0.1) is 0 Å². The molecule has 2 N–H and O–H groups in total. The maximum atomic E-state index is 9.14. The lowest BCUT2D eigenvalue weighted by atomic mass is 9.90. The number of hydrogen-bond donors (Lipinski definition) is 2. The molecule has 0 spiro atoms. The van der Waals surface area contributed by atoms with Gasteiger partial charge in [0, 0.05) is 54.1 Å². The van der Waals surface area contributed by atoms with E-state index in [0.29, 0.717) is 17.8 Å². The molecule has 1 aromatic carbocycles. The third-order valence-corrected chi connectivity index (χ3v) is 6.76. The van der Waals surface area contributed by atoms with Crippen molar-refractivity contribution < 1.29 is 0 Å². The number of amidine groups is 1. The molecule has 1 fully saturated rings. The van der Waals surface area contributed by atoms with Gasteiger partial charge in [-0.3, -0.25) is 5.41 Å². The summed E-state index contributed by atoms with van der Waals surface area (Å²) in [5.41, 5.74) is 4.76. The Kier molecular flexibility index (Phi) is 7.87. The lowest BCUT2D eigenvalue weighted by Crippen LogP contribution is -2.43. The Bertz CT molecular complexity index is 794. The molecule has 3 aliphatic rings. The van der Waals surface area contributed by atoms with Gasteiger partial charge in [-0.1, -0.05) is 57.9 Å². The van der Waals surface area contributed by atoms with E-state index in [1.165, 1.54) is 36.9 Å². The van der Waals surface area contributed by atoms with Crippen molar-refractivity contribution in [2.24, 2.45) is 0 Å². The zero-order valence-electron chi connectivity index (χ0n) is 18.8. The third-order valence-electron chi connectivity index (χ3n) is 6.52. The molecular weight excluding hydrogens is 392 g/mol. The number of rotatable bonds is 4. The lowest BCUT2D eigenvalue weighted by Gasteiger charge is -2.38. The van der Waals surface area contributed by atoms with Crippen molar-refractivity contribution in [2.45, 2.75) is 71.3 Å². The molecule has 1 saturated carbocycles. The van der Waals surface area contributed by atoms with E-state index in [-0.39, 0.29) is 0 Å². The standard InChI is InChI=1S/C23H31ClN4.C2H6/c1-3-27-12-11-21(26-18-6-4-5-7-18)20(15-27)23(25)28-13-10-16(2)19-9-8-17(24)14-22(19)28;1-2/h3,8-9,14,16,18,25-26H,1,4-7,10-13,15H2,2H3;1-2H3. The molecule has 0 aromatic heterocycles. The van der Waals surface area contributed by atoms with E-state index >= 15 is 0 Å². The summed E-state index contributed by atoms with van der Waals surface area (Å²) >= 11 is 6.32. The molecule has 1 aromatic rings. The highest BCUT2D eigenvalue weighted by molar-refractivity contribution is 6.31. The molecule has 1 aliphatic carbocycles. The Labute approximate surface area is 187 Å². The normalized spacial score (nSPS) is 21.7. The Morgan fingerprint density at radius 1 is 1.20 bits per heavy atom. The summed E-state index contributed by atoms with van der Waals surface area (Å²) in [6.07, 6.45) is 9.03. The largest absolute Gasteiger partial charge is 0.385 e. The summed E-state index contributed by atoms with van der Waals surface area (Å²) < 4.78 is 0. The van der Waals surface area contributed by atoms with Crippen molar-refractivity contribution >= 4 is 23.1 Å². The van der Waals surface area contributed by atoms with Crippen molar-refractivity contribution in [3.63, 3.8) is 0 Å². The maximum Gasteiger partial charge on any atom is 0.131 e. The summed E-state index contributed by atoms with van der Waals surface area (Å²) in [4.78, 5) is 4.38. The molecule has 0 radical (unpaired) electrons. The smallest absolute Gasteiger partial charge is 0.131 e. The van der Waals surface area contributed by atoms with Gasteiger partial charge in [-0.05, 0) is 49.1 Å². The summed E-state index contributed by atoms with van der Waals surface area (Å²) in [5, 5.41) is 13.7. The van der Waals surface area contributed by atoms with Gasteiger partial charge in [-0.25, -0.2) is 0 Å². The first-order chi connectivity index (χ1) is 14.6. The molecule has 1 atom stereocenters. The predicted octanol–water partition coefficient (Wildman–Crippen LogP) is 6.29. The monoisotopic (exact) mass is 428 g/mol. The van der Waals surface area contributed by atoms with Crippen LogP contribution in [0.15, 0.2) is 42.2 Å². The van der Waals surface area contributed by atoms with Crippen molar-refractivity contribution in [1.29, 1.82) is 5.41 Å². The minimum absolute atomic E-state index is 0.498. The van der Waals surface area contributed by atoms with Crippen molar-refractivity contribution in [3.05, 3.63) is 52.8 Å². The zero-order chi connectivity index (χ0) is 21.7. The van der Waals surface area contributed by atoms with Gasteiger partial charge in [-0.2, -0.15) is 0 Å². The summed E-state index contributed by atoms with van der Waals surface area (Å²) in [6, 6.07) is 6.69. The van der Waals surface area contributed by atoms with Crippen LogP contribution < -0.4 is 10.2 Å². The van der Waals surface area contributed by atoms with Gasteiger partial charge in [-0.15, -0.1) is 0 Å². The average molecular weight is 429 g/mol. The Hall–Kier alpha value is -1.94. The second-order valence-corrected chi connectivity index (χ2v) is 8.82. The van der Waals surface area contributed by atoms with Gasteiger partial charge in [0.25, 0.3) is 0 Å². The number of fused-ring (bicyclic) bond motifs is 1. The SMILES string of the molecule is C=CN1CCC(NC2CCCC2)=C(C(=N)N2CCC(C)c3ccc(Cl)cc32)C1.CC. The first-order valence-corrected chi connectivity index (χ1v) is 12.0. The summed E-state index contributed by atoms with van der Waals surface area (Å²) in [7, 11) is 0. The van der Waals surface area contributed by atoms with Crippen LogP contribution in [-0.4, -0.2) is 36.4 Å². The number of anilines is 1. The molecule has 4 rings (SSSR count). The maximum absolute atomic E-state index is 9.14. The highest BCUT2D eigenvalue weighted by Crippen LogP contribution is 2.38. The van der Waals surface area contributed by atoms with Gasteiger partial charge < -0.3 is 15.1 Å². The first kappa shape index (κ1) is 22.7. The van der Waals surface area contributed by atoms with E-state index in [9.17, 15) is 0 Å². The van der Waals surface area contributed by atoms with E-state index in [1.807, 2.05) is 32.2 Å². The second-order valence-electron chi connectivity index (χ2n) is 8.38.